The first-order valence-corrected chi connectivity index (χ1v) is 11.0. The molecule has 6 nitrogen and oxygen atoms in total. The minimum atomic E-state index is -0.0838. The van der Waals surface area contributed by atoms with Gasteiger partial charge in [0.05, 0.1) is 0 Å². The number of anilines is 1. The molecular formula is C26H27N5O. The number of likely N-dealkylation sites (N-methyl/N-ethyl adjacent to an activating group) is 1. The number of nitrogens with zero attached hydrogens (tertiary/aromatic N) is 3. The van der Waals surface area contributed by atoms with E-state index in [1.165, 1.54) is 5.69 Å². The zero-order chi connectivity index (χ0) is 22.1. The van der Waals surface area contributed by atoms with E-state index in [2.05, 4.69) is 62.5 Å². The van der Waals surface area contributed by atoms with Crippen molar-refractivity contribution in [3.05, 3.63) is 72.6 Å². The molecule has 1 amide bonds. The van der Waals surface area contributed by atoms with E-state index in [-0.39, 0.29) is 5.91 Å². The van der Waals surface area contributed by atoms with E-state index < -0.39 is 0 Å². The number of pyridine rings is 1. The third kappa shape index (κ3) is 3.85. The number of H-pyrrole nitrogens is 1. The molecule has 1 aliphatic heterocycles. The number of hydrogen-bond donors (Lipinski definition) is 2. The Bertz CT molecular complexity index is 1240. The highest BCUT2D eigenvalue weighted by molar-refractivity contribution is 5.98. The highest BCUT2D eigenvalue weighted by atomic mass is 16.1. The number of piperazine rings is 1. The van der Waals surface area contributed by atoms with Crippen LogP contribution >= 0.6 is 0 Å². The van der Waals surface area contributed by atoms with Gasteiger partial charge in [-0.1, -0.05) is 24.3 Å². The molecule has 0 atom stereocenters. The largest absolute Gasteiger partial charge is 0.369 e. The molecule has 0 saturated carbocycles. The van der Waals surface area contributed by atoms with Gasteiger partial charge in [-0.2, -0.15) is 0 Å². The molecule has 32 heavy (non-hydrogen) atoms. The number of benzene rings is 2. The van der Waals surface area contributed by atoms with E-state index in [1.54, 1.807) is 7.05 Å². The summed E-state index contributed by atoms with van der Waals surface area (Å²) in [5.41, 5.74) is 7.14. The molecule has 0 radical (unpaired) electrons. The fourth-order valence-corrected chi connectivity index (χ4v) is 4.27. The van der Waals surface area contributed by atoms with Crippen molar-refractivity contribution in [2.45, 2.75) is 0 Å². The van der Waals surface area contributed by atoms with Crippen LogP contribution in [0.25, 0.3) is 33.3 Å². The Labute approximate surface area is 187 Å². The van der Waals surface area contributed by atoms with Gasteiger partial charge in [-0.3, -0.25) is 4.79 Å². The molecule has 6 heteroatoms. The monoisotopic (exact) mass is 425 g/mol. The van der Waals surface area contributed by atoms with Gasteiger partial charge in [0.1, 0.15) is 5.65 Å². The average molecular weight is 426 g/mol. The van der Waals surface area contributed by atoms with Crippen molar-refractivity contribution >= 4 is 22.6 Å². The first kappa shape index (κ1) is 20.3. The SMILES string of the molecule is CNC(=O)c1ccc(-c2c[nH]c3ncc(-c4ccc(N5CCN(C)CC5)cc4)cc23)cc1. The predicted octanol–water partition coefficient (Wildman–Crippen LogP) is 4.01. The Balaban J connectivity index is 1.43. The number of carbonyl (C=O) groups excluding carboxylic acids is 1. The van der Waals surface area contributed by atoms with Crippen molar-refractivity contribution in [1.82, 2.24) is 20.2 Å². The van der Waals surface area contributed by atoms with E-state index in [0.29, 0.717) is 5.56 Å². The zero-order valence-electron chi connectivity index (χ0n) is 18.4. The predicted molar refractivity (Wildman–Crippen MR) is 130 cm³/mol. The van der Waals surface area contributed by atoms with Gasteiger partial charge in [-0.25, -0.2) is 4.98 Å². The number of amides is 1. The lowest BCUT2D eigenvalue weighted by Crippen LogP contribution is -2.44. The lowest BCUT2D eigenvalue weighted by molar-refractivity contribution is 0.0963. The van der Waals surface area contributed by atoms with E-state index in [4.69, 9.17) is 0 Å². The lowest BCUT2D eigenvalue weighted by atomic mass is 10.0. The van der Waals surface area contributed by atoms with Crippen LogP contribution in [0.15, 0.2) is 67.0 Å². The highest BCUT2D eigenvalue weighted by Crippen LogP contribution is 2.32. The highest BCUT2D eigenvalue weighted by Gasteiger charge is 2.15. The van der Waals surface area contributed by atoms with E-state index >= 15 is 0 Å². The molecule has 4 aromatic rings. The number of carbonyl (C=O) groups is 1. The molecule has 1 aliphatic rings. The maximum absolute atomic E-state index is 11.8. The van der Waals surface area contributed by atoms with E-state index in [0.717, 1.165) is 59.5 Å². The number of aromatic amines is 1. The second-order valence-electron chi connectivity index (χ2n) is 8.32. The van der Waals surface area contributed by atoms with Crippen molar-refractivity contribution in [3.63, 3.8) is 0 Å². The molecule has 2 N–H and O–H groups in total. The maximum atomic E-state index is 11.8. The molecule has 162 valence electrons. The van der Waals surface area contributed by atoms with Gasteiger partial charge in [-0.15, -0.1) is 0 Å². The summed E-state index contributed by atoms with van der Waals surface area (Å²) in [5, 5.41) is 3.73. The maximum Gasteiger partial charge on any atom is 0.251 e. The van der Waals surface area contributed by atoms with Crippen LogP contribution in [-0.2, 0) is 0 Å². The van der Waals surface area contributed by atoms with Gasteiger partial charge >= 0.3 is 0 Å². The summed E-state index contributed by atoms with van der Waals surface area (Å²) >= 11 is 0. The van der Waals surface area contributed by atoms with Crippen LogP contribution < -0.4 is 10.2 Å². The number of rotatable bonds is 4. The Kier molecular flexibility index (Phi) is 5.37. The molecule has 0 bridgehead atoms. The van der Waals surface area contributed by atoms with Gasteiger partial charge in [0.25, 0.3) is 5.91 Å². The Hall–Kier alpha value is -3.64. The molecule has 0 unspecified atom stereocenters. The topological polar surface area (TPSA) is 64.3 Å². The normalized spacial score (nSPS) is 14.6. The van der Waals surface area contributed by atoms with E-state index in [1.807, 2.05) is 36.7 Å². The van der Waals surface area contributed by atoms with Crippen LogP contribution in [0.3, 0.4) is 0 Å². The molecular weight excluding hydrogens is 398 g/mol. The second kappa shape index (κ2) is 8.48. The number of fused-ring (bicyclic) bond motifs is 1. The molecule has 3 heterocycles. The zero-order valence-corrected chi connectivity index (χ0v) is 18.4. The summed E-state index contributed by atoms with van der Waals surface area (Å²) in [5.74, 6) is -0.0838. The van der Waals surface area contributed by atoms with Gasteiger partial charge in [0.15, 0.2) is 0 Å². The van der Waals surface area contributed by atoms with Crippen LogP contribution in [0.4, 0.5) is 5.69 Å². The van der Waals surface area contributed by atoms with Crippen LogP contribution in [0.1, 0.15) is 10.4 Å². The lowest BCUT2D eigenvalue weighted by Gasteiger charge is -2.34. The van der Waals surface area contributed by atoms with Crippen LogP contribution in [0, 0.1) is 0 Å². The van der Waals surface area contributed by atoms with Crippen molar-refractivity contribution < 1.29 is 4.79 Å². The molecule has 1 saturated heterocycles. The standard InChI is InChI=1S/C26H27N5O/c1-27-26(32)20-5-3-19(4-6-20)24-17-29-25-23(24)15-21(16-28-25)18-7-9-22(10-8-18)31-13-11-30(2)12-14-31/h3-10,15-17H,11-14H2,1-2H3,(H,27,32)(H,28,29). The van der Waals surface area contributed by atoms with Gasteiger partial charge in [0, 0.05) is 73.4 Å². The van der Waals surface area contributed by atoms with Gasteiger partial charge in [-0.05, 0) is 48.5 Å². The van der Waals surface area contributed by atoms with Crippen LogP contribution in [0.5, 0.6) is 0 Å². The summed E-state index contributed by atoms with van der Waals surface area (Å²) in [6, 6.07) is 18.6. The average Bonchev–Trinajstić information content (AvgIpc) is 3.27. The molecule has 0 aliphatic carbocycles. The van der Waals surface area contributed by atoms with Crippen molar-refractivity contribution in [2.75, 3.05) is 45.2 Å². The Morgan fingerprint density at radius 1 is 0.938 bits per heavy atom. The third-order valence-electron chi connectivity index (χ3n) is 6.29. The molecule has 1 fully saturated rings. The molecule has 0 spiro atoms. The molecule has 2 aromatic carbocycles. The summed E-state index contributed by atoms with van der Waals surface area (Å²) in [7, 11) is 3.82. The third-order valence-corrected chi connectivity index (χ3v) is 6.29. The number of aromatic nitrogens is 2. The summed E-state index contributed by atoms with van der Waals surface area (Å²) < 4.78 is 0. The van der Waals surface area contributed by atoms with Crippen molar-refractivity contribution in [3.8, 4) is 22.3 Å². The first-order valence-electron chi connectivity index (χ1n) is 11.0. The van der Waals surface area contributed by atoms with Crippen molar-refractivity contribution in [1.29, 1.82) is 0 Å². The Morgan fingerprint density at radius 2 is 1.62 bits per heavy atom. The summed E-state index contributed by atoms with van der Waals surface area (Å²) in [6.45, 7) is 4.33. The quantitative estimate of drug-likeness (QED) is 0.519. The van der Waals surface area contributed by atoms with Crippen LogP contribution in [-0.4, -0.2) is 61.0 Å². The van der Waals surface area contributed by atoms with Gasteiger partial charge in [0.2, 0.25) is 0 Å². The summed E-state index contributed by atoms with van der Waals surface area (Å²) in [4.78, 5) is 24.6. The summed E-state index contributed by atoms with van der Waals surface area (Å²) in [6.07, 6.45) is 3.90. The fourth-order valence-electron chi connectivity index (χ4n) is 4.27. The minimum absolute atomic E-state index is 0.0838. The van der Waals surface area contributed by atoms with Crippen LogP contribution in [0.2, 0.25) is 0 Å². The van der Waals surface area contributed by atoms with Gasteiger partial charge < -0.3 is 20.1 Å². The molecule has 2 aromatic heterocycles. The number of hydrogen-bond acceptors (Lipinski definition) is 4. The first-order chi connectivity index (χ1) is 15.6. The second-order valence-corrected chi connectivity index (χ2v) is 8.32. The smallest absolute Gasteiger partial charge is 0.251 e. The molecule has 5 rings (SSSR count). The fraction of sp³-hybridized carbons (Fsp3) is 0.231. The minimum Gasteiger partial charge on any atom is -0.369 e. The number of nitrogens with one attached hydrogen (secondary N) is 2. The van der Waals surface area contributed by atoms with Crippen molar-refractivity contribution in [2.24, 2.45) is 0 Å². The van der Waals surface area contributed by atoms with E-state index in [9.17, 15) is 4.79 Å². The Morgan fingerprint density at radius 3 is 2.31 bits per heavy atom.